The fraction of sp³-hybridized carbons (Fsp3) is 0.295. The van der Waals surface area contributed by atoms with Crippen molar-refractivity contribution in [2.45, 2.75) is 58.9 Å². The maximum atomic E-state index is 12.9. The van der Waals surface area contributed by atoms with Crippen molar-refractivity contribution in [3.63, 3.8) is 0 Å². The third kappa shape index (κ3) is 12.1. The Balaban J connectivity index is 0.000000193. The molecule has 3 aliphatic rings. The Kier molecular flexibility index (Phi) is 16.5. The van der Waals surface area contributed by atoms with Crippen molar-refractivity contribution in [2.24, 2.45) is 17.6 Å². The van der Waals surface area contributed by atoms with Crippen molar-refractivity contribution in [1.82, 2.24) is 14.9 Å². The van der Waals surface area contributed by atoms with E-state index in [2.05, 4.69) is 16.0 Å². The average molecular weight is 857 g/mol. The Morgan fingerprint density at radius 3 is 1.73 bits per heavy atom. The highest BCUT2D eigenvalue weighted by Crippen LogP contribution is 2.49. The lowest BCUT2D eigenvalue weighted by Gasteiger charge is -2.47. The summed E-state index contributed by atoms with van der Waals surface area (Å²) in [6, 6.07) is 30.0. The van der Waals surface area contributed by atoms with Gasteiger partial charge in [-0.15, -0.1) is 0 Å². The Hall–Kier alpha value is -3.82. The van der Waals surface area contributed by atoms with Gasteiger partial charge in [-0.2, -0.15) is 0 Å². The van der Waals surface area contributed by atoms with E-state index in [1.54, 1.807) is 42.5 Å². The van der Waals surface area contributed by atoms with Crippen LogP contribution >= 0.6 is 58.0 Å². The number of fused-ring (bicyclic) bond motifs is 2. The van der Waals surface area contributed by atoms with Gasteiger partial charge in [-0.05, 0) is 133 Å². The number of H-pyrrole nitrogens is 2. The zero-order valence-corrected chi connectivity index (χ0v) is 33.0. The molecule has 7 nitrogen and oxygen atoms in total. The number of β-lactam (4-membered cyclic amide) rings is 1. The van der Waals surface area contributed by atoms with E-state index in [1.165, 1.54) is 25.7 Å². The van der Waals surface area contributed by atoms with E-state index >= 15 is 0 Å². The van der Waals surface area contributed by atoms with Gasteiger partial charge in [0.2, 0.25) is 11.1 Å². The fourth-order valence-electron chi connectivity index (χ4n) is 6.26. The summed E-state index contributed by atoms with van der Waals surface area (Å²) in [5.74, 6) is 1.62. The minimum atomic E-state index is -0.354. The molecule has 2 aromatic heterocycles. The minimum Gasteiger partial charge on any atom is -0.357 e. The highest BCUT2D eigenvalue weighted by molar-refractivity contribution is 6.63. The first-order valence-corrected chi connectivity index (χ1v) is 19.6. The molecule has 2 saturated carbocycles. The number of aromatic amines is 2. The lowest BCUT2D eigenvalue weighted by Crippen LogP contribution is -2.54. The number of hydrogen-bond acceptors (Lipinski definition) is 4. The molecule has 1 saturated heterocycles. The summed E-state index contributed by atoms with van der Waals surface area (Å²) in [5.41, 5.74) is 10.7. The number of nitrogens with zero attached hydrogens (tertiary/aromatic N) is 1. The predicted molar refractivity (Wildman–Crippen MR) is 235 cm³/mol. The van der Waals surface area contributed by atoms with Crippen LogP contribution in [0.15, 0.2) is 97.1 Å². The number of hydrogen-bond donors (Lipinski definition) is 3. The van der Waals surface area contributed by atoms with Crippen LogP contribution in [-0.4, -0.2) is 45.4 Å². The Morgan fingerprint density at radius 1 is 0.714 bits per heavy atom. The molecule has 12 heteroatoms. The van der Waals surface area contributed by atoms with Crippen LogP contribution in [0.5, 0.6) is 0 Å². The quantitative estimate of drug-likeness (QED) is 0.0804. The van der Waals surface area contributed by atoms with Gasteiger partial charge in [-0.3, -0.25) is 14.4 Å². The predicted octanol–water partition coefficient (Wildman–Crippen LogP) is 12.5. The standard InChI is InChI=1S/C21H18Cl2N2O.C9H6ClNO.C8H6Cl2O.C4H9N.2CH4/c22-15-6-3-13(4-7-15)19-20(25(21(19)26)11-12-1-2-12)18-9-14-5-8-16(23)10-17(14)24-18;10-7-2-1-6-3-8(5-12)11-9(6)4-7;9-7-3-1-6(2-4-7)5-8(10)11;5-3-4-1-2-4;;/h3-10,12,19-20,24H,1-2,11H2;1-5,11H;1-4H,5H2;4H,1-3,5H2;2*1H4. The van der Waals surface area contributed by atoms with Gasteiger partial charge in [0.1, 0.15) is 0 Å². The van der Waals surface area contributed by atoms with Gasteiger partial charge < -0.3 is 20.6 Å². The third-order valence-electron chi connectivity index (χ3n) is 9.52. The first kappa shape index (κ1) is 44.9. The Morgan fingerprint density at radius 2 is 1.23 bits per heavy atom. The molecule has 3 fully saturated rings. The molecule has 2 aliphatic carbocycles. The van der Waals surface area contributed by atoms with E-state index in [0.29, 0.717) is 31.7 Å². The third-order valence-corrected chi connectivity index (χ3v) is 10.6. The van der Waals surface area contributed by atoms with Gasteiger partial charge in [0, 0.05) is 55.2 Å². The van der Waals surface area contributed by atoms with Crippen LogP contribution in [0.3, 0.4) is 0 Å². The van der Waals surface area contributed by atoms with Crippen LogP contribution in [0.1, 0.15) is 79.8 Å². The number of carbonyl (C=O) groups excluding carboxylic acids is 3. The summed E-state index contributed by atoms with van der Waals surface area (Å²) >= 11 is 28.7. The van der Waals surface area contributed by atoms with Gasteiger partial charge in [0.15, 0.2) is 6.29 Å². The Bertz CT molecular complexity index is 2230. The zero-order chi connectivity index (χ0) is 38.4. The second kappa shape index (κ2) is 20.6. The summed E-state index contributed by atoms with van der Waals surface area (Å²) in [5, 5.41) is 4.49. The van der Waals surface area contributed by atoms with Crippen molar-refractivity contribution in [3.8, 4) is 0 Å². The maximum absolute atomic E-state index is 12.9. The summed E-state index contributed by atoms with van der Waals surface area (Å²) in [6.45, 7) is 1.77. The molecule has 1 aliphatic heterocycles. The number of rotatable bonds is 8. The number of aldehydes is 1. The van der Waals surface area contributed by atoms with Gasteiger partial charge in [0.05, 0.1) is 17.7 Å². The molecule has 6 aromatic rings. The van der Waals surface area contributed by atoms with Crippen LogP contribution in [0.2, 0.25) is 20.1 Å². The fourth-order valence-corrected chi connectivity index (χ4v) is 7.01. The van der Waals surface area contributed by atoms with Crippen molar-refractivity contribution >= 4 is 97.2 Å². The van der Waals surface area contributed by atoms with Crippen molar-refractivity contribution in [1.29, 1.82) is 0 Å². The molecule has 1 amide bonds. The second-order valence-electron chi connectivity index (χ2n) is 13.8. The topological polar surface area (TPSA) is 112 Å². The molecule has 2 unspecified atom stereocenters. The number of amides is 1. The largest absolute Gasteiger partial charge is 0.357 e. The number of nitrogens with one attached hydrogen (secondary N) is 2. The molecule has 3 heterocycles. The van der Waals surface area contributed by atoms with Crippen molar-refractivity contribution in [3.05, 3.63) is 140 Å². The van der Waals surface area contributed by atoms with Crippen LogP contribution in [0, 0.1) is 11.8 Å². The lowest BCUT2D eigenvalue weighted by molar-refractivity contribution is -0.151. The molecule has 4 aromatic carbocycles. The molecule has 0 spiro atoms. The van der Waals surface area contributed by atoms with E-state index in [0.717, 1.165) is 63.9 Å². The Labute approximate surface area is 353 Å². The van der Waals surface area contributed by atoms with Gasteiger partial charge in [-0.25, -0.2) is 0 Å². The van der Waals surface area contributed by atoms with Crippen LogP contribution in [-0.2, 0) is 16.0 Å². The van der Waals surface area contributed by atoms with E-state index < -0.39 is 0 Å². The number of nitrogens with two attached hydrogens (primary N) is 1. The maximum Gasteiger partial charge on any atom is 0.233 e. The summed E-state index contributed by atoms with van der Waals surface area (Å²) < 4.78 is 0. The van der Waals surface area contributed by atoms with E-state index in [9.17, 15) is 14.4 Å². The van der Waals surface area contributed by atoms with Crippen LogP contribution < -0.4 is 5.73 Å². The first-order chi connectivity index (χ1) is 26.0. The monoisotopic (exact) mass is 854 g/mol. The molecule has 56 heavy (non-hydrogen) atoms. The molecule has 9 rings (SSSR count). The van der Waals surface area contributed by atoms with E-state index in [-0.39, 0.29) is 44.4 Å². The molecule has 2 atom stereocenters. The number of benzene rings is 4. The normalized spacial score (nSPS) is 16.8. The molecule has 0 bridgehead atoms. The average Bonchev–Trinajstić information content (AvgIpc) is 4.09. The van der Waals surface area contributed by atoms with Gasteiger partial charge in [0.25, 0.3) is 0 Å². The summed E-state index contributed by atoms with van der Waals surface area (Å²) in [7, 11) is 0. The highest BCUT2D eigenvalue weighted by Gasteiger charge is 2.50. The SMILES string of the molecule is C.C.NCC1CC1.O=C(Cl)Cc1ccc(Cl)cc1.O=C1C(c2ccc(Cl)cc2)C(c2cc3ccc(Cl)cc3[nH]2)N1CC1CC1.O=Cc1cc2ccc(Cl)cc2[nH]1. The number of aromatic nitrogens is 2. The number of carbonyl (C=O) groups is 3. The van der Waals surface area contributed by atoms with Gasteiger partial charge in [-0.1, -0.05) is 97.7 Å². The summed E-state index contributed by atoms with van der Waals surface area (Å²) in [4.78, 5) is 42.2. The van der Waals surface area contributed by atoms with E-state index in [1.807, 2.05) is 53.4 Å². The highest BCUT2D eigenvalue weighted by atomic mass is 35.5. The molecular formula is C44H47Cl5N4O3. The lowest BCUT2D eigenvalue weighted by atomic mass is 9.79. The van der Waals surface area contributed by atoms with Gasteiger partial charge >= 0.3 is 0 Å². The number of halogens is 5. The number of likely N-dealkylation sites (tertiary alicyclic amines) is 1. The molecular weight excluding hydrogens is 810 g/mol. The smallest absolute Gasteiger partial charge is 0.233 e. The van der Waals surface area contributed by atoms with Crippen LogP contribution in [0.4, 0.5) is 0 Å². The zero-order valence-electron chi connectivity index (χ0n) is 29.2. The minimum absolute atomic E-state index is 0. The van der Waals surface area contributed by atoms with Crippen molar-refractivity contribution in [2.75, 3.05) is 13.1 Å². The molecule has 4 N–H and O–H groups in total. The first-order valence-electron chi connectivity index (χ1n) is 17.7. The second-order valence-corrected chi connectivity index (χ2v) is 15.9. The molecule has 0 radical (unpaired) electrons. The molecule has 296 valence electrons. The summed E-state index contributed by atoms with van der Waals surface area (Å²) in [6.07, 6.45) is 6.27. The van der Waals surface area contributed by atoms with Crippen molar-refractivity contribution < 1.29 is 14.4 Å². The van der Waals surface area contributed by atoms with Crippen LogP contribution in [0.25, 0.3) is 21.8 Å². The van der Waals surface area contributed by atoms with E-state index in [4.69, 9.17) is 63.7 Å².